The van der Waals surface area contributed by atoms with Crippen LogP contribution < -0.4 is 11.1 Å². The molecular formula is C14H22N2O. The first kappa shape index (κ1) is 13.7. The van der Waals surface area contributed by atoms with Crippen LogP contribution in [0.15, 0.2) is 30.3 Å². The maximum absolute atomic E-state index is 11.7. The van der Waals surface area contributed by atoms with Gasteiger partial charge in [-0.15, -0.1) is 0 Å². The molecule has 0 aromatic heterocycles. The lowest BCUT2D eigenvalue weighted by Gasteiger charge is -2.19. The van der Waals surface area contributed by atoms with Crippen molar-refractivity contribution in [2.75, 3.05) is 6.54 Å². The number of amides is 1. The van der Waals surface area contributed by atoms with Gasteiger partial charge in [-0.05, 0) is 11.0 Å². The zero-order chi connectivity index (χ0) is 12.9. The van der Waals surface area contributed by atoms with E-state index in [9.17, 15) is 4.79 Å². The number of hydrogen-bond donors (Lipinski definition) is 2. The van der Waals surface area contributed by atoms with E-state index in [-0.39, 0.29) is 17.4 Å². The van der Waals surface area contributed by atoms with E-state index in [4.69, 9.17) is 5.73 Å². The number of hydrogen-bond acceptors (Lipinski definition) is 2. The highest BCUT2D eigenvalue weighted by molar-refractivity contribution is 5.76. The minimum Gasteiger partial charge on any atom is -0.356 e. The molecule has 0 aliphatic carbocycles. The Kier molecular flexibility index (Phi) is 4.70. The van der Waals surface area contributed by atoms with Crippen molar-refractivity contribution in [2.45, 2.75) is 33.2 Å². The first-order valence-electron chi connectivity index (χ1n) is 5.96. The highest BCUT2D eigenvalue weighted by atomic mass is 16.1. The monoisotopic (exact) mass is 234 g/mol. The predicted molar refractivity (Wildman–Crippen MR) is 70.5 cm³/mol. The molecule has 3 heteroatoms. The molecule has 0 saturated heterocycles. The molecule has 3 N–H and O–H groups in total. The molecule has 0 radical (unpaired) electrons. The topological polar surface area (TPSA) is 55.1 Å². The lowest BCUT2D eigenvalue weighted by molar-refractivity contribution is -0.121. The predicted octanol–water partition coefficient (Wildman–Crippen LogP) is 2.24. The van der Waals surface area contributed by atoms with Crippen molar-refractivity contribution < 1.29 is 4.79 Å². The van der Waals surface area contributed by atoms with E-state index in [1.807, 2.05) is 30.3 Å². The van der Waals surface area contributed by atoms with Gasteiger partial charge in [0.05, 0.1) is 0 Å². The number of nitrogens with one attached hydrogen (secondary N) is 1. The van der Waals surface area contributed by atoms with Gasteiger partial charge >= 0.3 is 0 Å². The zero-order valence-electron chi connectivity index (χ0n) is 10.9. The summed E-state index contributed by atoms with van der Waals surface area (Å²) in [6.45, 7) is 6.94. The number of carbonyl (C=O) groups excluding carboxylic acids is 1. The smallest absolute Gasteiger partial charge is 0.221 e. The summed E-state index contributed by atoms with van der Waals surface area (Å²) in [4.78, 5) is 11.7. The maximum atomic E-state index is 11.7. The number of carbonyl (C=O) groups is 1. The van der Waals surface area contributed by atoms with E-state index in [2.05, 4.69) is 26.1 Å². The second-order valence-corrected chi connectivity index (χ2v) is 5.56. The minimum atomic E-state index is -0.226. The Morgan fingerprint density at radius 2 is 1.88 bits per heavy atom. The molecule has 17 heavy (non-hydrogen) atoms. The minimum absolute atomic E-state index is 0.0104. The molecular weight excluding hydrogens is 212 g/mol. The van der Waals surface area contributed by atoms with E-state index < -0.39 is 0 Å². The molecule has 0 spiro atoms. The first-order valence-corrected chi connectivity index (χ1v) is 5.96. The summed E-state index contributed by atoms with van der Waals surface area (Å²) >= 11 is 0. The molecule has 0 bridgehead atoms. The molecule has 1 unspecified atom stereocenters. The van der Waals surface area contributed by atoms with Crippen LogP contribution >= 0.6 is 0 Å². The van der Waals surface area contributed by atoms with Gasteiger partial charge in [0, 0.05) is 19.0 Å². The lowest BCUT2D eigenvalue weighted by atomic mass is 9.96. The molecule has 0 saturated carbocycles. The zero-order valence-corrected chi connectivity index (χ0v) is 10.9. The molecule has 1 amide bonds. The van der Waals surface area contributed by atoms with Crippen LogP contribution in [0.5, 0.6) is 0 Å². The van der Waals surface area contributed by atoms with Gasteiger partial charge in [0.25, 0.3) is 0 Å². The highest BCUT2D eigenvalue weighted by Gasteiger charge is 2.14. The maximum Gasteiger partial charge on any atom is 0.221 e. The van der Waals surface area contributed by atoms with Crippen LogP contribution in [0.4, 0.5) is 0 Å². The standard InChI is InChI=1S/C14H22N2O/c1-14(2,3)10-16-13(17)9-12(15)11-7-5-4-6-8-11/h4-8,12H,9-10,15H2,1-3H3,(H,16,17). The fourth-order valence-corrected chi connectivity index (χ4v) is 1.45. The van der Waals surface area contributed by atoms with E-state index in [1.165, 1.54) is 0 Å². The van der Waals surface area contributed by atoms with Crippen LogP contribution in [0.1, 0.15) is 38.8 Å². The van der Waals surface area contributed by atoms with Crippen LogP contribution in [0.3, 0.4) is 0 Å². The Balaban J connectivity index is 2.42. The lowest BCUT2D eigenvalue weighted by Crippen LogP contribution is -2.34. The average Bonchev–Trinajstić information content (AvgIpc) is 2.27. The Bertz CT molecular complexity index is 354. The van der Waals surface area contributed by atoms with Gasteiger partial charge in [-0.3, -0.25) is 4.79 Å². The van der Waals surface area contributed by atoms with Crippen molar-refractivity contribution >= 4 is 5.91 Å². The summed E-state index contributed by atoms with van der Waals surface area (Å²) < 4.78 is 0. The fraction of sp³-hybridized carbons (Fsp3) is 0.500. The molecule has 3 nitrogen and oxygen atoms in total. The van der Waals surface area contributed by atoms with Gasteiger partial charge < -0.3 is 11.1 Å². The van der Waals surface area contributed by atoms with Crippen molar-refractivity contribution in [3.05, 3.63) is 35.9 Å². The van der Waals surface area contributed by atoms with E-state index >= 15 is 0 Å². The molecule has 1 rings (SSSR count). The largest absolute Gasteiger partial charge is 0.356 e. The van der Waals surface area contributed by atoms with Crippen molar-refractivity contribution in [1.82, 2.24) is 5.32 Å². The Hall–Kier alpha value is -1.35. The number of benzene rings is 1. The molecule has 0 heterocycles. The van der Waals surface area contributed by atoms with Crippen LogP contribution in [0.2, 0.25) is 0 Å². The highest BCUT2D eigenvalue weighted by Crippen LogP contribution is 2.14. The summed E-state index contributed by atoms with van der Waals surface area (Å²) in [6.07, 6.45) is 0.333. The quantitative estimate of drug-likeness (QED) is 0.839. The van der Waals surface area contributed by atoms with Gasteiger partial charge in [-0.25, -0.2) is 0 Å². The SMILES string of the molecule is CC(C)(C)CNC(=O)CC(N)c1ccccc1. The van der Waals surface area contributed by atoms with Gasteiger partial charge in [0.1, 0.15) is 0 Å². The second-order valence-electron chi connectivity index (χ2n) is 5.56. The molecule has 0 fully saturated rings. The summed E-state index contributed by atoms with van der Waals surface area (Å²) in [5, 5.41) is 2.90. The van der Waals surface area contributed by atoms with Gasteiger partial charge in [0.15, 0.2) is 0 Å². The van der Waals surface area contributed by atoms with Crippen molar-refractivity contribution in [3.63, 3.8) is 0 Å². The molecule has 0 aliphatic rings. The van der Waals surface area contributed by atoms with Crippen LogP contribution in [-0.2, 0) is 4.79 Å². The van der Waals surface area contributed by atoms with E-state index in [0.29, 0.717) is 13.0 Å². The van der Waals surface area contributed by atoms with Crippen molar-refractivity contribution in [1.29, 1.82) is 0 Å². The first-order chi connectivity index (χ1) is 7.88. The Morgan fingerprint density at radius 3 is 2.41 bits per heavy atom. The molecule has 94 valence electrons. The molecule has 1 aromatic carbocycles. The van der Waals surface area contributed by atoms with Gasteiger partial charge in [0.2, 0.25) is 5.91 Å². The summed E-state index contributed by atoms with van der Waals surface area (Å²) in [7, 11) is 0. The third kappa shape index (κ3) is 5.50. The third-order valence-corrected chi connectivity index (χ3v) is 2.45. The van der Waals surface area contributed by atoms with Gasteiger partial charge in [-0.1, -0.05) is 51.1 Å². The molecule has 1 atom stereocenters. The molecule has 0 aliphatic heterocycles. The van der Waals surface area contributed by atoms with E-state index in [1.54, 1.807) is 0 Å². The summed E-state index contributed by atoms with van der Waals surface area (Å²) in [6, 6.07) is 9.47. The molecule has 1 aromatic rings. The summed E-state index contributed by atoms with van der Waals surface area (Å²) in [5.74, 6) is 0.0104. The Morgan fingerprint density at radius 1 is 1.29 bits per heavy atom. The second kappa shape index (κ2) is 5.82. The average molecular weight is 234 g/mol. The van der Waals surface area contributed by atoms with Crippen molar-refractivity contribution in [2.24, 2.45) is 11.1 Å². The fourth-order valence-electron chi connectivity index (χ4n) is 1.45. The van der Waals surface area contributed by atoms with Crippen LogP contribution in [0.25, 0.3) is 0 Å². The van der Waals surface area contributed by atoms with E-state index in [0.717, 1.165) is 5.56 Å². The van der Waals surface area contributed by atoms with Crippen molar-refractivity contribution in [3.8, 4) is 0 Å². The van der Waals surface area contributed by atoms with Crippen LogP contribution in [0, 0.1) is 5.41 Å². The normalized spacial score (nSPS) is 13.2. The summed E-state index contributed by atoms with van der Waals surface area (Å²) in [5.41, 5.74) is 7.08. The Labute approximate surface area is 103 Å². The number of nitrogens with two attached hydrogens (primary N) is 1. The van der Waals surface area contributed by atoms with Gasteiger partial charge in [-0.2, -0.15) is 0 Å². The number of rotatable bonds is 4. The van der Waals surface area contributed by atoms with Crippen LogP contribution in [-0.4, -0.2) is 12.5 Å². The third-order valence-electron chi connectivity index (χ3n) is 2.45.